The van der Waals surface area contributed by atoms with Gasteiger partial charge in [0.25, 0.3) is 0 Å². The molecular weight excluding hydrogens is 343 g/mol. The summed E-state index contributed by atoms with van der Waals surface area (Å²) in [5, 5.41) is 10.4. The third-order valence-corrected chi connectivity index (χ3v) is 5.28. The molecule has 1 aliphatic rings. The zero-order valence-corrected chi connectivity index (χ0v) is 15.2. The minimum Gasteiger partial charge on any atom is -0.478 e. The van der Waals surface area contributed by atoms with Gasteiger partial charge in [0.05, 0.1) is 22.5 Å². The molecule has 138 valence electrons. The van der Waals surface area contributed by atoms with E-state index in [9.17, 15) is 14.3 Å². The van der Waals surface area contributed by atoms with Gasteiger partial charge in [0.1, 0.15) is 5.82 Å². The fourth-order valence-electron chi connectivity index (χ4n) is 3.78. The van der Waals surface area contributed by atoms with E-state index in [0.29, 0.717) is 28.2 Å². The van der Waals surface area contributed by atoms with Gasteiger partial charge in [-0.3, -0.25) is 0 Å². The standard InChI is InChI=1S/C22H21FN2O2/c1-14-9-11-25(12-10-14)21-19(22(26)27)17-13-16(23)7-8-18(17)24-20(21)15-5-3-2-4-6-15/h2-8,13-14H,9-12H2,1H3,(H,26,27). The van der Waals surface area contributed by atoms with Crippen LogP contribution in [0.25, 0.3) is 22.2 Å². The summed E-state index contributed by atoms with van der Waals surface area (Å²) in [6.45, 7) is 3.75. The number of fused-ring (bicyclic) bond motifs is 1. The van der Waals surface area contributed by atoms with Crippen LogP contribution in [0.4, 0.5) is 10.1 Å². The maximum absolute atomic E-state index is 13.9. The van der Waals surface area contributed by atoms with Crippen molar-refractivity contribution in [1.29, 1.82) is 0 Å². The maximum Gasteiger partial charge on any atom is 0.338 e. The van der Waals surface area contributed by atoms with Crippen LogP contribution >= 0.6 is 0 Å². The second kappa shape index (κ2) is 6.99. The summed E-state index contributed by atoms with van der Waals surface area (Å²) in [7, 11) is 0. The van der Waals surface area contributed by atoms with E-state index in [2.05, 4.69) is 11.8 Å². The van der Waals surface area contributed by atoms with Gasteiger partial charge >= 0.3 is 5.97 Å². The number of hydrogen-bond acceptors (Lipinski definition) is 3. The van der Waals surface area contributed by atoms with Crippen LogP contribution in [0.2, 0.25) is 0 Å². The van der Waals surface area contributed by atoms with Gasteiger partial charge in [-0.05, 0) is 37.0 Å². The molecule has 0 radical (unpaired) electrons. The number of rotatable bonds is 3. The van der Waals surface area contributed by atoms with E-state index in [1.165, 1.54) is 12.1 Å². The molecule has 0 atom stereocenters. The number of piperidine rings is 1. The topological polar surface area (TPSA) is 53.4 Å². The number of halogens is 1. The van der Waals surface area contributed by atoms with Crippen LogP contribution in [0.3, 0.4) is 0 Å². The summed E-state index contributed by atoms with van der Waals surface area (Å²) in [6, 6.07) is 13.7. The highest BCUT2D eigenvalue weighted by Crippen LogP contribution is 2.39. The maximum atomic E-state index is 13.9. The molecule has 1 aromatic heterocycles. The number of benzene rings is 2. The Bertz CT molecular complexity index is 996. The molecule has 0 saturated carbocycles. The van der Waals surface area contributed by atoms with Crippen molar-refractivity contribution in [2.45, 2.75) is 19.8 Å². The molecule has 1 fully saturated rings. The van der Waals surface area contributed by atoms with Crippen LogP contribution in [-0.4, -0.2) is 29.1 Å². The van der Waals surface area contributed by atoms with Gasteiger partial charge in [-0.25, -0.2) is 14.2 Å². The minimum atomic E-state index is -1.06. The Kier molecular flexibility index (Phi) is 4.52. The Morgan fingerprint density at radius 2 is 1.85 bits per heavy atom. The first kappa shape index (κ1) is 17.5. The summed E-state index contributed by atoms with van der Waals surface area (Å²) >= 11 is 0. The van der Waals surface area contributed by atoms with Gasteiger partial charge in [0, 0.05) is 24.0 Å². The number of pyridine rings is 1. The first-order valence-electron chi connectivity index (χ1n) is 9.21. The van der Waals surface area contributed by atoms with Crippen LogP contribution in [0.15, 0.2) is 48.5 Å². The van der Waals surface area contributed by atoms with E-state index >= 15 is 0 Å². The SMILES string of the molecule is CC1CCN(c2c(-c3ccccc3)nc3ccc(F)cc3c2C(=O)O)CC1. The predicted molar refractivity (Wildman–Crippen MR) is 105 cm³/mol. The first-order chi connectivity index (χ1) is 13.0. The van der Waals surface area contributed by atoms with Crippen molar-refractivity contribution >= 4 is 22.6 Å². The van der Waals surface area contributed by atoms with Crippen LogP contribution in [0, 0.1) is 11.7 Å². The fraction of sp³-hybridized carbons (Fsp3) is 0.273. The van der Waals surface area contributed by atoms with Gasteiger partial charge in [-0.1, -0.05) is 37.3 Å². The largest absolute Gasteiger partial charge is 0.478 e. The number of carbonyl (C=O) groups is 1. The van der Waals surface area contributed by atoms with E-state index in [-0.39, 0.29) is 5.56 Å². The molecule has 0 spiro atoms. The Morgan fingerprint density at radius 1 is 1.15 bits per heavy atom. The molecule has 4 rings (SSSR count). The molecule has 0 unspecified atom stereocenters. The molecule has 0 aliphatic carbocycles. The van der Waals surface area contributed by atoms with Crippen molar-refractivity contribution in [3.63, 3.8) is 0 Å². The third kappa shape index (κ3) is 3.25. The van der Waals surface area contributed by atoms with E-state index in [0.717, 1.165) is 31.5 Å². The molecule has 3 aromatic rings. The van der Waals surface area contributed by atoms with Crippen molar-refractivity contribution in [3.8, 4) is 11.3 Å². The smallest absolute Gasteiger partial charge is 0.338 e. The Labute approximate surface area is 157 Å². The number of carboxylic acids is 1. The van der Waals surface area contributed by atoms with Crippen LogP contribution in [0.5, 0.6) is 0 Å². The molecule has 1 saturated heterocycles. The van der Waals surface area contributed by atoms with Crippen molar-refractivity contribution in [1.82, 2.24) is 4.98 Å². The molecule has 2 aromatic carbocycles. The molecule has 4 nitrogen and oxygen atoms in total. The Hall–Kier alpha value is -2.95. The monoisotopic (exact) mass is 364 g/mol. The third-order valence-electron chi connectivity index (χ3n) is 5.28. The van der Waals surface area contributed by atoms with Crippen LogP contribution in [-0.2, 0) is 0 Å². The minimum absolute atomic E-state index is 0.132. The highest BCUT2D eigenvalue weighted by atomic mass is 19.1. The van der Waals surface area contributed by atoms with E-state index in [1.807, 2.05) is 30.3 Å². The quantitative estimate of drug-likeness (QED) is 0.712. The Morgan fingerprint density at radius 3 is 2.52 bits per heavy atom. The normalized spacial score (nSPS) is 15.3. The Balaban J connectivity index is 2.03. The van der Waals surface area contributed by atoms with Gasteiger partial charge in [-0.15, -0.1) is 0 Å². The zero-order chi connectivity index (χ0) is 19.0. The van der Waals surface area contributed by atoms with Gasteiger partial charge in [0.2, 0.25) is 0 Å². The number of hydrogen-bond donors (Lipinski definition) is 1. The van der Waals surface area contributed by atoms with Crippen molar-refractivity contribution in [3.05, 3.63) is 59.9 Å². The highest BCUT2D eigenvalue weighted by Gasteiger charge is 2.27. The van der Waals surface area contributed by atoms with Gasteiger partial charge < -0.3 is 10.0 Å². The lowest BCUT2D eigenvalue weighted by atomic mass is 9.95. The number of aromatic carboxylic acids is 1. The lowest BCUT2D eigenvalue weighted by molar-refractivity contribution is 0.0699. The second-order valence-electron chi connectivity index (χ2n) is 7.19. The van der Waals surface area contributed by atoms with Gasteiger partial charge in [0.15, 0.2) is 0 Å². The number of anilines is 1. The summed E-state index contributed by atoms with van der Waals surface area (Å²) in [5.41, 5.74) is 2.72. The van der Waals surface area contributed by atoms with E-state index in [4.69, 9.17) is 4.98 Å². The fourth-order valence-corrected chi connectivity index (χ4v) is 3.78. The van der Waals surface area contributed by atoms with Crippen LogP contribution in [0.1, 0.15) is 30.1 Å². The summed E-state index contributed by atoms with van der Waals surface area (Å²) < 4.78 is 13.9. The molecule has 1 N–H and O–H groups in total. The molecule has 0 bridgehead atoms. The average Bonchev–Trinajstić information content (AvgIpc) is 2.67. The highest BCUT2D eigenvalue weighted by molar-refractivity contribution is 6.10. The summed E-state index contributed by atoms with van der Waals surface area (Å²) in [4.78, 5) is 19.1. The molecule has 2 heterocycles. The van der Waals surface area contributed by atoms with Crippen molar-refractivity contribution < 1.29 is 14.3 Å². The van der Waals surface area contributed by atoms with Crippen molar-refractivity contribution in [2.75, 3.05) is 18.0 Å². The average molecular weight is 364 g/mol. The molecular formula is C22H21FN2O2. The summed E-state index contributed by atoms with van der Waals surface area (Å²) in [5.74, 6) is -0.906. The summed E-state index contributed by atoms with van der Waals surface area (Å²) in [6.07, 6.45) is 1.99. The van der Waals surface area contributed by atoms with E-state index in [1.54, 1.807) is 6.07 Å². The number of aromatic nitrogens is 1. The molecule has 1 aliphatic heterocycles. The lowest BCUT2D eigenvalue weighted by Crippen LogP contribution is -2.34. The van der Waals surface area contributed by atoms with Gasteiger partial charge in [-0.2, -0.15) is 0 Å². The number of carboxylic acid groups (broad SMARTS) is 1. The zero-order valence-electron chi connectivity index (χ0n) is 15.2. The molecule has 0 amide bonds. The predicted octanol–water partition coefficient (Wildman–Crippen LogP) is 4.98. The first-order valence-corrected chi connectivity index (χ1v) is 9.21. The van der Waals surface area contributed by atoms with Crippen molar-refractivity contribution in [2.24, 2.45) is 5.92 Å². The number of nitrogens with zero attached hydrogens (tertiary/aromatic N) is 2. The van der Waals surface area contributed by atoms with E-state index < -0.39 is 11.8 Å². The van der Waals surface area contributed by atoms with Crippen LogP contribution < -0.4 is 4.90 Å². The lowest BCUT2D eigenvalue weighted by Gasteiger charge is -2.34. The molecule has 5 heteroatoms. The second-order valence-corrected chi connectivity index (χ2v) is 7.19. The molecule has 27 heavy (non-hydrogen) atoms.